The summed E-state index contributed by atoms with van der Waals surface area (Å²) in [5.41, 5.74) is 4.36. The van der Waals surface area contributed by atoms with E-state index in [1.54, 1.807) is 27.2 Å². The highest BCUT2D eigenvalue weighted by atomic mass is 16.5. The van der Waals surface area contributed by atoms with Gasteiger partial charge in [0, 0.05) is 12.1 Å². The first-order valence-electron chi connectivity index (χ1n) is 9.30. The second-order valence-corrected chi connectivity index (χ2v) is 6.94. The van der Waals surface area contributed by atoms with Gasteiger partial charge < -0.3 is 14.8 Å². The van der Waals surface area contributed by atoms with E-state index in [2.05, 4.69) is 10.3 Å². The molecule has 0 saturated carbocycles. The Morgan fingerprint density at radius 1 is 1.10 bits per heavy atom. The van der Waals surface area contributed by atoms with E-state index in [1.165, 1.54) is 4.57 Å². The van der Waals surface area contributed by atoms with Crippen molar-refractivity contribution in [1.29, 1.82) is 0 Å². The zero-order valence-corrected chi connectivity index (χ0v) is 17.3. The molecule has 1 aromatic heterocycles. The minimum absolute atomic E-state index is 0.0898. The van der Waals surface area contributed by atoms with Crippen LogP contribution in [0.1, 0.15) is 22.4 Å². The fourth-order valence-corrected chi connectivity index (χ4v) is 3.27. The Morgan fingerprint density at radius 3 is 2.52 bits per heavy atom. The molecular weight excluding hydrogens is 370 g/mol. The molecule has 0 atom stereocenters. The van der Waals surface area contributed by atoms with E-state index in [9.17, 15) is 9.59 Å². The maximum Gasteiger partial charge on any atom is 0.272 e. The molecule has 0 fully saturated rings. The zero-order valence-electron chi connectivity index (χ0n) is 17.3. The Balaban J connectivity index is 1.87. The molecule has 0 radical (unpaired) electrons. The average molecular weight is 395 g/mol. The molecule has 1 heterocycles. The van der Waals surface area contributed by atoms with Gasteiger partial charge in [0.1, 0.15) is 12.2 Å². The van der Waals surface area contributed by atoms with Gasteiger partial charge in [-0.1, -0.05) is 12.1 Å². The normalized spacial score (nSPS) is 10.8. The van der Waals surface area contributed by atoms with E-state index in [0.29, 0.717) is 28.2 Å². The fourth-order valence-electron chi connectivity index (χ4n) is 3.27. The molecule has 0 unspecified atom stereocenters. The molecule has 1 N–H and O–H groups in total. The molecule has 0 aliphatic carbocycles. The van der Waals surface area contributed by atoms with E-state index in [0.717, 1.165) is 16.7 Å². The van der Waals surface area contributed by atoms with Crippen LogP contribution in [0, 0.1) is 20.8 Å². The summed E-state index contributed by atoms with van der Waals surface area (Å²) >= 11 is 0. The molecule has 0 saturated heterocycles. The maximum atomic E-state index is 12.7. The van der Waals surface area contributed by atoms with Crippen molar-refractivity contribution in [1.82, 2.24) is 14.9 Å². The molecule has 0 bridgehead atoms. The standard InChI is InChI=1S/C22H25N3O4/c1-13-9-17-18(10-14(13)2)25(22(27)15(3)24-17)12-20(26)23-11-16-7-6-8-19(28-4)21(16)29-5/h6-10H,11-12H2,1-5H3,(H,23,26). The molecule has 3 rings (SSSR count). The predicted octanol–water partition coefficient (Wildman–Crippen LogP) is 2.66. The fraction of sp³-hybridized carbons (Fsp3) is 0.318. The van der Waals surface area contributed by atoms with Crippen molar-refractivity contribution in [2.75, 3.05) is 14.2 Å². The molecule has 7 nitrogen and oxygen atoms in total. The van der Waals surface area contributed by atoms with E-state index in [-0.39, 0.29) is 24.6 Å². The van der Waals surface area contributed by atoms with Crippen LogP contribution in [0.4, 0.5) is 0 Å². The van der Waals surface area contributed by atoms with Crippen molar-refractivity contribution < 1.29 is 14.3 Å². The highest BCUT2D eigenvalue weighted by Gasteiger charge is 2.14. The van der Waals surface area contributed by atoms with Crippen molar-refractivity contribution in [2.45, 2.75) is 33.9 Å². The molecule has 29 heavy (non-hydrogen) atoms. The Bertz CT molecular complexity index is 1140. The molecule has 0 spiro atoms. The number of nitrogens with zero attached hydrogens (tertiary/aromatic N) is 2. The summed E-state index contributed by atoms with van der Waals surface area (Å²) in [4.78, 5) is 29.7. The largest absolute Gasteiger partial charge is 0.493 e. The van der Waals surface area contributed by atoms with Crippen molar-refractivity contribution in [2.24, 2.45) is 0 Å². The number of carbonyl (C=O) groups excluding carboxylic acids is 1. The van der Waals surface area contributed by atoms with Crippen molar-refractivity contribution >= 4 is 16.9 Å². The molecule has 0 aliphatic rings. The first kappa shape index (κ1) is 20.4. The van der Waals surface area contributed by atoms with Gasteiger partial charge in [-0.3, -0.25) is 14.2 Å². The van der Waals surface area contributed by atoms with E-state index < -0.39 is 0 Å². The zero-order chi connectivity index (χ0) is 21.1. The second kappa shape index (κ2) is 8.34. The number of fused-ring (bicyclic) bond motifs is 1. The lowest BCUT2D eigenvalue weighted by Gasteiger charge is -2.15. The highest BCUT2D eigenvalue weighted by Crippen LogP contribution is 2.30. The summed E-state index contributed by atoms with van der Waals surface area (Å²) in [5.74, 6) is 0.892. The molecule has 0 aliphatic heterocycles. The number of benzene rings is 2. The van der Waals surface area contributed by atoms with Gasteiger partial charge >= 0.3 is 0 Å². The molecule has 7 heteroatoms. The number of para-hydroxylation sites is 1. The third-order valence-corrected chi connectivity index (χ3v) is 4.99. The number of nitrogens with one attached hydrogen (secondary N) is 1. The van der Waals surface area contributed by atoms with Gasteiger partial charge in [0.15, 0.2) is 11.5 Å². The van der Waals surface area contributed by atoms with Gasteiger partial charge in [0.2, 0.25) is 5.91 Å². The molecule has 2 aromatic carbocycles. The predicted molar refractivity (Wildman–Crippen MR) is 112 cm³/mol. The van der Waals surface area contributed by atoms with Crippen LogP contribution < -0.4 is 20.3 Å². The van der Waals surface area contributed by atoms with Crippen molar-refractivity contribution in [3.63, 3.8) is 0 Å². The summed E-state index contributed by atoms with van der Waals surface area (Å²) in [7, 11) is 3.12. The van der Waals surface area contributed by atoms with Gasteiger partial charge in [0.25, 0.3) is 5.56 Å². The third-order valence-electron chi connectivity index (χ3n) is 4.99. The quantitative estimate of drug-likeness (QED) is 0.694. The summed E-state index contributed by atoms with van der Waals surface area (Å²) in [6.45, 7) is 5.79. The van der Waals surface area contributed by atoms with Crippen LogP contribution in [-0.2, 0) is 17.9 Å². The van der Waals surface area contributed by atoms with Crippen LogP contribution in [-0.4, -0.2) is 29.7 Å². The Kier molecular flexibility index (Phi) is 5.87. The lowest BCUT2D eigenvalue weighted by molar-refractivity contribution is -0.121. The number of carbonyl (C=O) groups is 1. The van der Waals surface area contributed by atoms with E-state index in [4.69, 9.17) is 9.47 Å². The number of hydrogen-bond acceptors (Lipinski definition) is 5. The smallest absolute Gasteiger partial charge is 0.272 e. The van der Waals surface area contributed by atoms with Crippen LogP contribution in [0.2, 0.25) is 0 Å². The van der Waals surface area contributed by atoms with Crippen molar-refractivity contribution in [3.8, 4) is 11.5 Å². The van der Waals surface area contributed by atoms with Gasteiger partial charge in [-0.25, -0.2) is 4.98 Å². The van der Waals surface area contributed by atoms with Crippen LogP contribution in [0.5, 0.6) is 11.5 Å². The molecular formula is C22H25N3O4. The first-order valence-corrected chi connectivity index (χ1v) is 9.30. The number of methoxy groups -OCH3 is 2. The Morgan fingerprint density at radius 2 is 1.83 bits per heavy atom. The molecule has 152 valence electrons. The Labute approximate surface area is 169 Å². The van der Waals surface area contributed by atoms with Gasteiger partial charge in [-0.15, -0.1) is 0 Å². The van der Waals surface area contributed by atoms with Crippen LogP contribution in [0.25, 0.3) is 11.0 Å². The minimum Gasteiger partial charge on any atom is -0.493 e. The average Bonchev–Trinajstić information content (AvgIpc) is 2.71. The van der Waals surface area contributed by atoms with Crippen LogP contribution >= 0.6 is 0 Å². The number of aryl methyl sites for hydroxylation is 3. The lowest BCUT2D eigenvalue weighted by Crippen LogP contribution is -2.33. The van der Waals surface area contributed by atoms with Crippen LogP contribution in [0.3, 0.4) is 0 Å². The number of aromatic nitrogens is 2. The van der Waals surface area contributed by atoms with E-state index in [1.807, 2.05) is 38.1 Å². The third kappa shape index (κ3) is 4.08. The summed E-state index contributed by atoms with van der Waals surface area (Å²) in [6.07, 6.45) is 0. The summed E-state index contributed by atoms with van der Waals surface area (Å²) in [5, 5.41) is 2.86. The topological polar surface area (TPSA) is 82.5 Å². The second-order valence-electron chi connectivity index (χ2n) is 6.94. The van der Waals surface area contributed by atoms with Crippen molar-refractivity contribution in [3.05, 3.63) is 63.1 Å². The SMILES string of the molecule is COc1cccc(CNC(=O)Cn2c(=O)c(C)nc3cc(C)c(C)cc32)c1OC. The monoisotopic (exact) mass is 395 g/mol. The number of hydrogen-bond donors (Lipinski definition) is 1. The number of rotatable bonds is 6. The lowest BCUT2D eigenvalue weighted by atomic mass is 10.1. The molecule has 3 aromatic rings. The maximum absolute atomic E-state index is 12.7. The number of amides is 1. The highest BCUT2D eigenvalue weighted by molar-refractivity contribution is 5.81. The van der Waals surface area contributed by atoms with Gasteiger partial charge in [-0.2, -0.15) is 0 Å². The van der Waals surface area contributed by atoms with Gasteiger partial charge in [-0.05, 0) is 50.1 Å². The first-order chi connectivity index (χ1) is 13.8. The summed E-state index contributed by atoms with van der Waals surface area (Å²) in [6, 6.07) is 9.31. The Hall–Kier alpha value is -3.35. The number of ether oxygens (including phenoxy) is 2. The van der Waals surface area contributed by atoms with E-state index >= 15 is 0 Å². The van der Waals surface area contributed by atoms with Crippen LogP contribution in [0.15, 0.2) is 35.1 Å². The minimum atomic E-state index is -0.276. The van der Waals surface area contributed by atoms with Gasteiger partial charge in [0.05, 0.1) is 25.3 Å². The summed E-state index contributed by atoms with van der Waals surface area (Å²) < 4.78 is 12.2. The molecule has 1 amide bonds.